The van der Waals surface area contributed by atoms with E-state index in [1.165, 1.54) is 12.1 Å². The van der Waals surface area contributed by atoms with Gasteiger partial charge >= 0.3 is 0 Å². The number of aromatic hydroxyl groups is 1. The summed E-state index contributed by atoms with van der Waals surface area (Å²) in [5.74, 6) is -0.208. The SMILES string of the molecule is O=C(/C=C/C=C/c1ccccc1)c1ccccc1O. The molecule has 0 unspecified atom stereocenters. The molecule has 0 aliphatic carbocycles. The third-order valence-electron chi connectivity index (χ3n) is 2.62. The molecular weight excluding hydrogens is 236 g/mol. The maximum Gasteiger partial charge on any atom is 0.189 e. The van der Waals surface area contributed by atoms with E-state index in [-0.39, 0.29) is 11.5 Å². The molecule has 0 aliphatic heterocycles. The minimum atomic E-state index is -0.212. The average Bonchev–Trinajstić information content (AvgIpc) is 2.45. The molecule has 0 aliphatic rings. The van der Waals surface area contributed by atoms with E-state index in [9.17, 15) is 9.90 Å². The molecule has 0 amide bonds. The highest BCUT2D eigenvalue weighted by molar-refractivity contribution is 6.06. The van der Waals surface area contributed by atoms with Crippen molar-refractivity contribution in [3.8, 4) is 5.75 Å². The van der Waals surface area contributed by atoms with E-state index in [0.29, 0.717) is 5.56 Å². The summed E-state index contributed by atoms with van der Waals surface area (Å²) in [4.78, 5) is 11.8. The fourth-order valence-electron chi connectivity index (χ4n) is 1.65. The predicted molar refractivity (Wildman–Crippen MR) is 77.1 cm³/mol. The molecule has 0 saturated heterocycles. The summed E-state index contributed by atoms with van der Waals surface area (Å²) in [6, 6.07) is 16.3. The van der Waals surface area contributed by atoms with Crippen molar-refractivity contribution in [2.45, 2.75) is 0 Å². The Morgan fingerprint density at radius 1 is 0.895 bits per heavy atom. The number of benzene rings is 2. The number of carbonyl (C=O) groups excluding carboxylic acids is 1. The molecule has 19 heavy (non-hydrogen) atoms. The van der Waals surface area contributed by atoms with E-state index < -0.39 is 0 Å². The third kappa shape index (κ3) is 3.68. The van der Waals surface area contributed by atoms with Gasteiger partial charge in [-0.15, -0.1) is 0 Å². The second-order valence-corrected chi connectivity index (χ2v) is 4.01. The van der Waals surface area contributed by atoms with Gasteiger partial charge in [0.05, 0.1) is 5.56 Å². The Morgan fingerprint density at radius 2 is 1.58 bits per heavy atom. The average molecular weight is 250 g/mol. The minimum Gasteiger partial charge on any atom is -0.507 e. The van der Waals surface area contributed by atoms with Gasteiger partial charge in [0.25, 0.3) is 0 Å². The highest BCUT2D eigenvalue weighted by Gasteiger charge is 2.05. The van der Waals surface area contributed by atoms with Gasteiger partial charge < -0.3 is 5.11 Å². The van der Waals surface area contributed by atoms with Crippen LogP contribution in [0, 0.1) is 0 Å². The van der Waals surface area contributed by atoms with Crippen LogP contribution in [0.4, 0.5) is 0 Å². The van der Waals surface area contributed by atoms with Crippen LogP contribution in [0.5, 0.6) is 5.75 Å². The first kappa shape index (κ1) is 12.8. The molecular formula is C17H14O2. The van der Waals surface area contributed by atoms with Gasteiger partial charge in [0.15, 0.2) is 5.78 Å². The molecule has 0 bridgehead atoms. The van der Waals surface area contributed by atoms with Crippen molar-refractivity contribution in [3.63, 3.8) is 0 Å². The van der Waals surface area contributed by atoms with Crippen LogP contribution in [-0.2, 0) is 0 Å². The Labute approximate surface area is 112 Å². The standard InChI is InChI=1S/C17H14O2/c18-16(15-11-5-7-13-17(15)19)12-6-4-10-14-8-2-1-3-9-14/h1-13,19H/b10-4+,12-6+. The molecule has 0 aromatic heterocycles. The lowest BCUT2D eigenvalue weighted by Gasteiger charge is -1.98. The lowest BCUT2D eigenvalue weighted by Crippen LogP contribution is -1.93. The van der Waals surface area contributed by atoms with Gasteiger partial charge in [0.2, 0.25) is 0 Å². The summed E-state index contributed by atoms with van der Waals surface area (Å²) >= 11 is 0. The highest BCUT2D eigenvalue weighted by atomic mass is 16.3. The molecule has 0 saturated carbocycles. The zero-order chi connectivity index (χ0) is 13.5. The van der Waals surface area contributed by atoms with Crippen LogP contribution in [0.15, 0.2) is 72.8 Å². The Kier molecular flexibility index (Phi) is 4.29. The number of phenols is 1. The number of hydrogen-bond acceptors (Lipinski definition) is 2. The fourth-order valence-corrected chi connectivity index (χ4v) is 1.65. The number of allylic oxidation sites excluding steroid dienone is 3. The molecule has 2 aromatic rings. The summed E-state index contributed by atoms with van der Waals surface area (Å²) in [5, 5.41) is 9.54. The number of para-hydroxylation sites is 1. The molecule has 2 aromatic carbocycles. The van der Waals surface area contributed by atoms with Crippen LogP contribution < -0.4 is 0 Å². The van der Waals surface area contributed by atoms with Crippen molar-refractivity contribution in [1.82, 2.24) is 0 Å². The minimum absolute atomic E-state index is 0.00388. The predicted octanol–water partition coefficient (Wildman–Crippen LogP) is 3.84. The van der Waals surface area contributed by atoms with Crippen LogP contribution in [0.25, 0.3) is 6.08 Å². The van der Waals surface area contributed by atoms with Gasteiger partial charge in [0.1, 0.15) is 5.75 Å². The Hall–Kier alpha value is -2.61. The highest BCUT2D eigenvalue weighted by Crippen LogP contribution is 2.16. The van der Waals surface area contributed by atoms with Crippen LogP contribution in [0.3, 0.4) is 0 Å². The molecule has 1 N–H and O–H groups in total. The van der Waals surface area contributed by atoms with Crippen LogP contribution in [0.2, 0.25) is 0 Å². The van der Waals surface area contributed by atoms with E-state index in [1.807, 2.05) is 36.4 Å². The van der Waals surface area contributed by atoms with E-state index in [0.717, 1.165) is 5.56 Å². The molecule has 0 heterocycles. The van der Waals surface area contributed by atoms with E-state index >= 15 is 0 Å². The quantitative estimate of drug-likeness (QED) is 0.508. The van der Waals surface area contributed by atoms with Gasteiger partial charge in [-0.1, -0.05) is 60.7 Å². The summed E-state index contributed by atoms with van der Waals surface area (Å²) in [7, 11) is 0. The number of hydrogen-bond donors (Lipinski definition) is 1. The fraction of sp³-hybridized carbons (Fsp3) is 0. The van der Waals surface area contributed by atoms with E-state index in [1.54, 1.807) is 30.4 Å². The molecule has 0 atom stereocenters. The van der Waals surface area contributed by atoms with Crippen LogP contribution in [0.1, 0.15) is 15.9 Å². The number of carbonyl (C=O) groups is 1. The van der Waals surface area contributed by atoms with Crippen molar-refractivity contribution in [1.29, 1.82) is 0 Å². The summed E-state index contributed by atoms with van der Waals surface area (Å²) in [6.07, 6.45) is 6.82. The van der Waals surface area contributed by atoms with E-state index in [2.05, 4.69) is 0 Å². The number of rotatable bonds is 4. The Balaban J connectivity index is 2.02. The summed E-state index contributed by atoms with van der Waals surface area (Å²) < 4.78 is 0. The molecule has 2 rings (SSSR count). The smallest absolute Gasteiger partial charge is 0.189 e. The van der Waals surface area contributed by atoms with E-state index in [4.69, 9.17) is 0 Å². The number of phenolic OH excluding ortho intramolecular Hbond substituents is 1. The number of ketones is 1. The Bertz CT molecular complexity index is 610. The first-order chi connectivity index (χ1) is 9.27. The lowest BCUT2D eigenvalue weighted by atomic mass is 10.1. The summed E-state index contributed by atoms with van der Waals surface area (Å²) in [6.45, 7) is 0. The zero-order valence-corrected chi connectivity index (χ0v) is 10.4. The summed E-state index contributed by atoms with van der Waals surface area (Å²) in [5.41, 5.74) is 1.38. The van der Waals surface area contributed by atoms with Crippen molar-refractivity contribution in [2.24, 2.45) is 0 Å². The topological polar surface area (TPSA) is 37.3 Å². The van der Waals surface area contributed by atoms with Crippen molar-refractivity contribution in [3.05, 3.63) is 84.0 Å². The third-order valence-corrected chi connectivity index (χ3v) is 2.62. The normalized spacial score (nSPS) is 11.2. The maximum absolute atomic E-state index is 11.8. The molecule has 2 nitrogen and oxygen atoms in total. The van der Waals surface area contributed by atoms with Crippen molar-refractivity contribution in [2.75, 3.05) is 0 Å². The molecule has 0 radical (unpaired) electrons. The van der Waals surface area contributed by atoms with Gasteiger partial charge in [-0.2, -0.15) is 0 Å². The van der Waals surface area contributed by atoms with Crippen LogP contribution in [-0.4, -0.2) is 10.9 Å². The van der Waals surface area contributed by atoms with Crippen LogP contribution >= 0.6 is 0 Å². The largest absolute Gasteiger partial charge is 0.507 e. The molecule has 94 valence electrons. The molecule has 0 fully saturated rings. The van der Waals surface area contributed by atoms with Gasteiger partial charge in [-0.25, -0.2) is 0 Å². The maximum atomic E-state index is 11.8. The second kappa shape index (κ2) is 6.36. The van der Waals surface area contributed by atoms with Gasteiger partial charge in [-0.3, -0.25) is 4.79 Å². The second-order valence-electron chi connectivity index (χ2n) is 4.01. The van der Waals surface area contributed by atoms with Crippen molar-refractivity contribution >= 4 is 11.9 Å². The Morgan fingerprint density at radius 3 is 2.32 bits per heavy atom. The van der Waals surface area contributed by atoms with Crippen molar-refractivity contribution < 1.29 is 9.90 Å². The molecule has 2 heteroatoms. The first-order valence-corrected chi connectivity index (χ1v) is 5.99. The van der Waals surface area contributed by atoms with Gasteiger partial charge in [0, 0.05) is 0 Å². The van der Waals surface area contributed by atoms with Gasteiger partial charge in [-0.05, 0) is 23.8 Å². The lowest BCUT2D eigenvalue weighted by molar-refractivity contribution is 0.104. The monoisotopic (exact) mass is 250 g/mol. The molecule has 0 spiro atoms. The first-order valence-electron chi connectivity index (χ1n) is 5.99. The zero-order valence-electron chi connectivity index (χ0n) is 10.4.